The van der Waals surface area contributed by atoms with E-state index in [9.17, 15) is 14.7 Å². The molecular weight excluding hydrogens is 308 g/mol. The van der Waals surface area contributed by atoms with Gasteiger partial charge in [-0.25, -0.2) is 0 Å². The molecule has 1 aromatic carbocycles. The van der Waals surface area contributed by atoms with Crippen molar-refractivity contribution in [3.8, 4) is 0 Å². The van der Waals surface area contributed by atoms with Gasteiger partial charge in [-0.05, 0) is 17.7 Å². The summed E-state index contributed by atoms with van der Waals surface area (Å²) in [4.78, 5) is 28.1. The van der Waals surface area contributed by atoms with Crippen molar-refractivity contribution in [2.45, 2.75) is 18.2 Å². The van der Waals surface area contributed by atoms with Crippen LogP contribution in [0.4, 0.5) is 5.69 Å². The summed E-state index contributed by atoms with van der Waals surface area (Å²) in [6.07, 6.45) is 3.20. The van der Waals surface area contributed by atoms with E-state index in [1.807, 2.05) is 49.3 Å². The molecule has 1 spiro atoms. The number of aliphatic carboxylic acids is 1. The molecule has 2 fully saturated rings. The summed E-state index contributed by atoms with van der Waals surface area (Å²) in [5.41, 5.74) is 1.36. The normalized spacial score (nSPS) is 33.2. The van der Waals surface area contributed by atoms with Crippen molar-refractivity contribution in [3.63, 3.8) is 0 Å². The molecule has 2 saturated heterocycles. The third-order valence-electron chi connectivity index (χ3n) is 5.29. The Balaban J connectivity index is 1.55. The van der Waals surface area contributed by atoms with Crippen molar-refractivity contribution in [3.05, 3.63) is 42.0 Å². The van der Waals surface area contributed by atoms with Gasteiger partial charge in [0.15, 0.2) is 0 Å². The minimum atomic E-state index is -0.957. The van der Waals surface area contributed by atoms with Crippen LogP contribution in [0.2, 0.25) is 0 Å². The van der Waals surface area contributed by atoms with Gasteiger partial charge < -0.3 is 19.6 Å². The van der Waals surface area contributed by atoms with Gasteiger partial charge >= 0.3 is 5.97 Å². The first-order chi connectivity index (χ1) is 11.4. The van der Waals surface area contributed by atoms with Gasteiger partial charge in [0.2, 0.25) is 5.91 Å². The molecule has 126 valence electrons. The molecular formula is C18H20N2O4. The molecule has 0 aliphatic carbocycles. The Morgan fingerprint density at radius 2 is 2.08 bits per heavy atom. The lowest BCUT2D eigenvalue weighted by Crippen LogP contribution is -2.39. The lowest BCUT2D eigenvalue weighted by molar-refractivity contribution is -0.148. The van der Waals surface area contributed by atoms with Gasteiger partial charge in [0.05, 0.1) is 18.6 Å². The van der Waals surface area contributed by atoms with Crippen LogP contribution in [-0.4, -0.2) is 54.2 Å². The molecule has 3 heterocycles. The Morgan fingerprint density at radius 1 is 1.38 bits per heavy atom. The maximum Gasteiger partial charge on any atom is 0.310 e. The van der Waals surface area contributed by atoms with Gasteiger partial charge in [0.1, 0.15) is 11.5 Å². The average Bonchev–Trinajstić information content (AvgIpc) is 3.16. The average molecular weight is 328 g/mol. The first-order valence-corrected chi connectivity index (χ1v) is 8.06. The molecule has 6 nitrogen and oxygen atoms in total. The van der Waals surface area contributed by atoms with E-state index in [0.717, 1.165) is 11.3 Å². The van der Waals surface area contributed by atoms with Crippen LogP contribution in [-0.2, 0) is 20.9 Å². The van der Waals surface area contributed by atoms with E-state index in [2.05, 4.69) is 0 Å². The molecule has 3 aliphatic heterocycles. The first-order valence-electron chi connectivity index (χ1n) is 8.06. The SMILES string of the molecule is CN(C)c1ccc(CN2C[C@]34C=C[C@H](O3)[C@@H](C(=O)O)[C@H]4C2=O)cc1. The van der Waals surface area contributed by atoms with Gasteiger partial charge in [-0.2, -0.15) is 0 Å². The monoisotopic (exact) mass is 328 g/mol. The second-order valence-electron chi connectivity index (χ2n) is 6.99. The van der Waals surface area contributed by atoms with Gasteiger partial charge in [-0.15, -0.1) is 0 Å². The summed E-state index contributed by atoms with van der Waals surface area (Å²) in [5.74, 6) is -2.46. The lowest BCUT2D eigenvalue weighted by Gasteiger charge is -2.21. The number of anilines is 1. The first kappa shape index (κ1) is 15.2. The number of nitrogens with zero attached hydrogens (tertiary/aromatic N) is 2. The molecule has 0 aromatic heterocycles. The Bertz CT molecular complexity index is 727. The number of benzene rings is 1. The van der Waals surface area contributed by atoms with Crippen molar-refractivity contribution < 1.29 is 19.4 Å². The zero-order valence-corrected chi connectivity index (χ0v) is 13.7. The van der Waals surface area contributed by atoms with E-state index in [1.54, 1.807) is 11.0 Å². The summed E-state index contributed by atoms with van der Waals surface area (Å²) in [6, 6.07) is 8.02. The van der Waals surface area contributed by atoms with Crippen molar-refractivity contribution in [1.82, 2.24) is 4.90 Å². The van der Waals surface area contributed by atoms with Gasteiger partial charge in [-0.1, -0.05) is 24.3 Å². The van der Waals surface area contributed by atoms with Gasteiger partial charge in [0, 0.05) is 26.3 Å². The number of rotatable bonds is 4. The number of hydrogen-bond donors (Lipinski definition) is 1. The Hall–Kier alpha value is -2.34. The van der Waals surface area contributed by atoms with Crippen molar-refractivity contribution in [2.24, 2.45) is 11.8 Å². The minimum absolute atomic E-state index is 0.120. The summed E-state index contributed by atoms with van der Waals surface area (Å²) in [5, 5.41) is 9.47. The standard InChI is InChI=1S/C18H20N2O4/c1-19(2)12-5-3-11(4-6-12)9-20-10-18-8-7-13(24-18)14(17(22)23)15(18)16(20)21/h3-8,13-15H,9-10H2,1-2H3,(H,22,23)/t13-,14+,15-,18-/m0/s1. The van der Waals surface area contributed by atoms with Crippen LogP contribution >= 0.6 is 0 Å². The fourth-order valence-corrected chi connectivity index (χ4v) is 4.11. The van der Waals surface area contributed by atoms with Crippen molar-refractivity contribution in [2.75, 3.05) is 25.5 Å². The summed E-state index contributed by atoms with van der Waals surface area (Å²) < 4.78 is 5.89. The number of fused-ring (bicyclic) bond motifs is 1. The molecule has 6 heteroatoms. The molecule has 0 saturated carbocycles. The largest absolute Gasteiger partial charge is 0.481 e. The molecule has 1 aromatic rings. The van der Waals surface area contributed by atoms with Crippen molar-refractivity contribution >= 4 is 17.6 Å². The molecule has 0 unspecified atom stereocenters. The Morgan fingerprint density at radius 3 is 2.71 bits per heavy atom. The van der Waals surface area contributed by atoms with Gasteiger partial charge in [-0.3, -0.25) is 9.59 Å². The van der Waals surface area contributed by atoms with E-state index >= 15 is 0 Å². The lowest BCUT2D eigenvalue weighted by atomic mass is 9.77. The van der Waals surface area contributed by atoms with Crippen molar-refractivity contribution in [1.29, 1.82) is 0 Å². The molecule has 1 N–H and O–H groups in total. The molecule has 2 bridgehead atoms. The quantitative estimate of drug-likeness (QED) is 0.839. The number of carboxylic acid groups (broad SMARTS) is 1. The molecule has 1 amide bonds. The van der Waals surface area contributed by atoms with E-state index in [-0.39, 0.29) is 5.91 Å². The third-order valence-corrected chi connectivity index (χ3v) is 5.29. The van der Waals surface area contributed by atoms with Crippen LogP contribution in [0, 0.1) is 11.8 Å². The topological polar surface area (TPSA) is 70.1 Å². The zero-order valence-electron chi connectivity index (χ0n) is 13.7. The smallest absolute Gasteiger partial charge is 0.310 e. The van der Waals surface area contributed by atoms with E-state index < -0.39 is 29.5 Å². The molecule has 0 radical (unpaired) electrons. The molecule has 3 aliphatic rings. The predicted molar refractivity (Wildman–Crippen MR) is 87.5 cm³/mol. The number of carboxylic acids is 1. The van der Waals surface area contributed by atoms with E-state index in [1.165, 1.54) is 0 Å². The number of likely N-dealkylation sites (tertiary alicyclic amines) is 1. The van der Waals surface area contributed by atoms with Crippen LogP contribution in [0.1, 0.15) is 5.56 Å². The van der Waals surface area contributed by atoms with Crippen LogP contribution in [0.15, 0.2) is 36.4 Å². The predicted octanol–water partition coefficient (Wildman–Crippen LogP) is 1.12. The van der Waals surface area contributed by atoms with Crippen LogP contribution in [0.5, 0.6) is 0 Å². The van der Waals surface area contributed by atoms with E-state index in [0.29, 0.717) is 13.1 Å². The number of hydrogen-bond acceptors (Lipinski definition) is 4. The van der Waals surface area contributed by atoms with E-state index in [4.69, 9.17) is 4.74 Å². The highest BCUT2D eigenvalue weighted by atomic mass is 16.5. The molecule has 24 heavy (non-hydrogen) atoms. The number of amides is 1. The highest BCUT2D eigenvalue weighted by Gasteiger charge is 2.66. The Labute approximate surface area is 140 Å². The maximum atomic E-state index is 12.8. The molecule has 4 rings (SSSR count). The second kappa shape index (κ2) is 5.08. The summed E-state index contributed by atoms with van der Waals surface area (Å²) >= 11 is 0. The highest BCUT2D eigenvalue weighted by Crippen LogP contribution is 2.52. The Kier molecular flexibility index (Phi) is 3.22. The zero-order chi connectivity index (χ0) is 17.1. The fraction of sp³-hybridized carbons (Fsp3) is 0.444. The van der Waals surface area contributed by atoms with Crippen LogP contribution in [0.3, 0.4) is 0 Å². The number of carbonyl (C=O) groups is 2. The second-order valence-corrected chi connectivity index (χ2v) is 6.99. The number of carbonyl (C=O) groups excluding carboxylic acids is 1. The van der Waals surface area contributed by atoms with Gasteiger partial charge in [0.25, 0.3) is 0 Å². The minimum Gasteiger partial charge on any atom is -0.481 e. The fourth-order valence-electron chi connectivity index (χ4n) is 4.11. The summed E-state index contributed by atoms with van der Waals surface area (Å²) in [7, 11) is 3.96. The maximum absolute atomic E-state index is 12.8. The van der Waals surface area contributed by atoms with Crippen LogP contribution < -0.4 is 4.90 Å². The molecule has 4 atom stereocenters. The summed E-state index contributed by atoms with van der Waals surface area (Å²) in [6.45, 7) is 0.891. The third kappa shape index (κ3) is 2.06. The number of ether oxygens (including phenoxy) is 1. The highest BCUT2D eigenvalue weighted by molar-refractivity contribution is 5.90. The van der Waals surface area contributed by atoms with Crippen LogP contribution in [0.25, 0.3) is 0 Å².